The molecule has 2 rings (SSSR count). The molecule has 1 unspecified atom stereocenters. The van der Waals surface area contributed by atoms with Crippen molar-refractivity contribution in [1.29, 1.82) is 0 Å². The maximum atomic E-state index is 6.03. The van der Waals surface area contributed by atoms with Crippen molar-refractivity contribution in [3.8, 4) is 0 Å². The molecule has 20 heavy (non-hydrogen) atoms. The van der Waals surface area contributed by atoms with Crippen LogP contribution >= 0.6 is 27.5 Å². The van der Waals surface area contributed by atoms with E-state index < -0.39 is 0 Å². The molecule has 1 atom stereocenters. The lowest BCUT2D eigenvalue weighted by Crippen LogP contribution is -2.24. The maximum absolute atomic E-state index is 6.03. The van der Waals surface area contributed by atoms with Crippen molar-refractivity contribution in [2.24, 2.45) is 0 Å². The molecule has 0 amide bonds. The van der Waals surface area contributed by atoms with Gasteiger partial charge in [-0.25, -0.2) is 0 Å². The lowest BCUT2D eigenvalue weighted by Gasteiger charge is -2.20. The average molecular weight is 354 g/mol. The fraction of sp³-hybridized carbons (Fsp3) is 0.312. The first kappa shape index (κ1) is 15.5. The van der Waals surface area contributed by atoms with Gasteiger partial charge in [0.1, 0.15) is 0 Å². The smallest absolute Gasteiger partial charge is 0.0417 e. The number of halogens is 2. The second-order valence-corrected chi connectivity index (χ2v) is 6.03. The Morgan fingerprint density at radius 3 is 2.85 bits per heavy atom. The van der Waals surface area contributed by atoms with Crippen molar-refractivity contribution in [2.75, 3.05) is 6.54 Å². The molecule has 1 aromatic heterocycles. The van der Waals surface area contributed by atoms with Gasteiger partial charge in [-0.05, 0) is 48.7 Å². The molecular formula is C16H18BrClN2. The lowest BCUT2D eigenvalue weighted by atomic mass is 9.99. The summed E-state index contributed by atoms with van der Waals surface area (Å²) in [5, 5.41) is 4.34. The highest BCUT2D eigenvalue weighted by Gasteiger charge is 2.15. The third-order valence-corrected chi connectivity index (χ3v) is 4.06. The Labute approximate surface area is 133 Å². The number of benzene rings is 1. The Kier molecular flexibility index (Phi) is 6.02. The van der Waals surface area contributed by atoms with Crippen LogP contribution in [0.3, 0.4) is 0 Å². The molecule has 4 heteroatoms. The highest BCUT2D eigenvalue weighted by atomic mass is 79.9. The number of nitrogens with one attached hydrogen (secondary N) is 1. The van der Waals surface area contributed by atoms with Gasteiger partial charge in [0, 0.05) is 27.9 Å². The second-order valence-electron chi connectivity index (χ2n) is 4.74. The quantitative estimate of drug-likeness (QED) is 0.808. The van der Waals surface area contributed by atoms with E-state index in [9.17, 15) is 0 Å². The summed E-state index contributed by atoms with van der Waals surface area (Å²) in [6, 6.07) is 10.3. The summed E-state index contributed by atoms with van der Waals surface area (Å²) < 4.78 is 1.04. The number of pyridine rings is 1. The van der Waals surface area contributed by atoms with E-state index in [1.54, 1.807) is 6.20 Å². The zero-order chi connectivity index (χ0) is 14.4. The second kappa shape index (κ2) is 7.77. The van der Waals surface area contributed by atoms with Gasteiger partial charge in [0.25, 0.3) is 0 Å². The molecule has 106 valence electrons. The molecule has 1 heterocycles. The Morgan fingerprint density at radius 1 is 1.35 bits per heavy atom. The summed E-state index contributed by atoms with van der Waals surface area (Å²) in [4.78, 5) is 4.19. The standard InChI is InChI=1S/C16H18BrClN2/c1-2-7-20-16(9-12-4-3-8-19-11-12)14-6-5-13(18)10-15(14)17/h3-6,8,10-11,16,20H,2,7,9H2,1H3. The topological polar surface area (TPSA) is 24.9 Å². The minimum Gasteiger partial charge on any atom is -0.310 e. The predicted octanol–water partition coefficient (Wildman–Crippen LogP) is 4.78. The first-order valence-corrected chi connectivity index (χ1v) is 7.95. The minimum atomic E-state index is 0.255. The molecule has 0 fully saturated rings. The normalized spacial score (nSPS) is 12.3. The van der Waals surface area contributed by atoms with Crippen LogP contribution in [0.25, 0.3) is 0 Å². The van der Waals surface area contributed by atoms with Crippen LogP contribution < -0.4 is 5.32 Å². The zero-order valence-electron chi connectivity index (χ0n) is 11.4. The number of nitrogens with zero attached hydrogens (tertiary/aromatic N) is 1. The van der Waals surface area contributed by atoms with E-state index in [1.807, 2.05) is 24.4 Å². The van der Waals surface area contributed by atoms with Crippen molar-refractivity contribution < 1.29 is 0 Å². The van der Waals surface area contributed by atoms with Crippen LogP contribution in [0.15, 0.2) is 47.2 Å². The molecule has 2 aromatic rings. The predicted molar refractivity (Wildman–Crippen MR) is 88.1 cm³/mol. The van der Waals surface area contributed by atoms with Gasteiger partial charge in [-0.1, -0.05) is 46.6 Å². The summed E-state index contributed by atoms with van der Waals surface area (Å²) >= 11 is 9.64. The van der Waals surface area contributed by atoms with E-state index in [2.05, 4.69) is 45.3 Å². The summed E-state index contributed by atoms with van der Waals surface area (Å²) in [5.74, 6) is 0. The van der Waals surface area contributed by atoms with Crippen LogP contribution in [-0.4, -0.2) is 11.5 Å². The highest BCUT2D eigenvalue weighted by Crippen LogP contribution is 2.28. The number of rotatable bonds is 6. The van der Waals surface area contributed by atoms with E-state index in [-0.39, 0.29) is 6.04 Å². The van der Waals surface area contributed by atoms with Crippen molar-refractivity contribution in [1.82, 2.24) is 10.3 Å². The highest BCUT2D eigenvalue weighted by molar-refractivity contribution is 9.10. The lowest BCUT2D eigenvalue weighted by molar-refractivity contribution is 0.527. The molecule has 0 aliphatic heterocycles. The van der Waals surface area contributed by atoms with Gasteiger partial charge in [-0.3, -0.25) is 4.98 Å². The Morgan fingerprint density at radius 2 is 2.20 bits per heavy atom. The van der Waals surface area contributed by atoms with E-state index in [0.29, 0.717) is 0 Å². The van der Waals surface area contributed by atoms with Gasteiger partial charge < -0.3 is 5.32 Å². The van der Waals surface area contributed by atoms with Crippen LogP contribution in [0.2, 0.25) is 5.02 Å². The zero-order valence-corrected chi connectivity index (χ0v) is 13.8. The Balaban J connectivity index is 2.22. The molecule has 0 spiro atoms. The molecular weight excluding hydrogens is 336 g/mol. The van der Waals surface area contributed by atoms with Gasteiger partial charge in [-0.2, -0.15) is 0 Å². The summed E-state index contributed by atoms with van der Waals surface area (Å²) in [7, 11) is 0. The van der Waals surface area contributed by atoms with Crippen LogP contribution in [0, 0.1) is 0 Å². The third kappa shape index (κ3) is 4.30. The summed E-state index contributed by atoms with van der Waals surface area (Å²) in [5.41, 5.74) is 2.45. The largest absolute Gasteiger partial charge is 0.310 e. The Hall–Kier alpha value is -0.900. The molecule has 1 aromatic carbocycles. The van der Waals surface area contributed by atoms with Crippen molar-refractivity contribution in [3.05, 3.63) is 63.3 Å². The molecule has 0 radical (unpaired) electrons. The third-order valence-electron chi connectivity index (χ3n) is 3.14. The molecule has 0 bridgehead atoms. The van der Waals surface area contributed by atoms with Crippen LogP contribution in [0.1, 0.15) is 30.5 Å². The van der Waals surface area contributed by atoms with Crippen LogP contribution in [0.4, 0.5) is 0 Å². The first-order chi connectivity index (χ1) is 9.70. The van der Waals surface area contributed by atoms with E-state index in [4.69, 9.17) is 11.6 Å². The van der Waals surface area contributed by atoms with Gasteiger partial charge in [0.15, 0.2) is 0 Å². The summed E-state index contributed by atoms with van der Waals surface area (Å²) in [6.07, 6.45) is 5.74. The molecule has 2 nitrogen and oxygen atoms in total. The number of aromatic nitrogens is 1. The van der Waals surface area contributed by atoms with E-state index in [1.165, 1.54) is 11.1 Å². The van der Waals surface area contributed by atoms with Gasteiger partial charge >= 0.3 is 0 Å². The van der Waals surface area contributed by atoms with Gasteiger partial charge in [0.05, 0.1) is 0 Å². The fourth-order valence-corrected chi connectivity index (χ4v) is 3.11. The van der Waals surface area contributed by atoms with Crippen LogP contribution in [0.5, 0.6) is 0 Å². The molecule has 0 saturated carbocycles. The molecule has 1 N–H and O–H groups in total. The Bertz CT molecular complexity index is 545. The molecule has 0 saturated heterocycles. The number of hydrogen-bond acceptors (Lipinski definition) is 2. The minimum absolute atomic E-state index is 0.255. The van der Waals surface area contributed by atoms with Crippen molar-refractivity contribution in [3.63, 3.8) is 0 Å². The fourth-order valence-electron chi connectivity index (χ4n) is 2.15. The first-order valence-electron chi connectivity index (χ1n) is 6.78. The van der Waals surface area contributed by atoms with Crippen LogP contribution in [-0.2, 0) is 6.42 Å². The SMILES string of the molecule is CCCNC(Cc1cccnc1)c1ccc(Cl)cc1Br. The average Bonchev–Trinajstić information content (AvgIpc) is 2.45. The van der Waals surface area contributed by atoms with Gasteiger partial charge in [-0.15, -0.1) is 0 Å². The monoisotopic (exact) mass is 352 g/mol. The maximum Gasteiger partial charge on any atom is 0.0417 e. The van der Waals surface area contributed by atoms with Crippen molar-refractivity contribution >= 4 is 27.5 Å². The van der Waals surface area contributed by atoms with E-state index >= 15 is 0 Å². The van der Waals surface area contributed by atoms with Gasteiger partial charge in [0.2, 0.25) is 0 Å². The molecule has 0 aliphatic rings. The van der Waals surface area contributed by atoms with E-state index in [0.717, 1.165) is 28.9 Å². The van der Waals surface area contributed by atoms with Crippen molar-refractivity contribution in [2.45, 2.75) is 25.8 Å². The summed E-state index contributed by atoms with van der Waals surface area (Å²) in [6.45, 7) is 3.16. The molecule has 0 aliphatic carbocycles. The number of hydrogen-bond donors (Lipinski definition) is 1.